The maximum atomic E-state index is 13.2. The summed E-state index contributed by atoms with van der Waals surface area (Å²) in [7, 11) is 0. The van der Waals surface area contributed by atoms with Crippen molar-refractivity contribution in [2.45, 2.75) is 17.8 Å². The first-order valence-corrected chi connectivity index (χ1v) is 6.77. The second-order valence-electron chi connectivity index (χ2n) is 4.06. The predicted octanol–water partition coefficient (Wildman–Crippen LogP) is 2.31. The van der Waals surface area contributed by atoms with Crippen molar-refractivity contribution in [1.82, 2.24) is 9.97 Å². The van der Waals surface area contributed by atoms with E-state index in [1.165, 1.54) is 23.9 Å². The van der Waals surface area contributed by atoms with Gasteiger partial charge in [-0.05, 0) is 30.7 Å². The minimum Gasteiger partial charge on any atom is -0.409 e. The van der Waals surface area contributed by atoms with Crippen molar-refractivity contribution >= 4 is 17.6 Å². The molecule has 2 rings (SSSR count). The van der Waals surface area contributed by atoms with Crippen LogP contribution in [0.5, 0.6) is 0 Å². The van der Waals surface area contributed by atoms with E-state index < -0.39 is 5.82 Å². The van der Waals surface area contributed by atoms with E-state index in [0.29, 0.717) is 16.5 Å². The number of hydrogen-bond donors (Lipinski definition) is 2. The Kier molecular flexibility index (Phi) is 4.52. The number of amidine groups is 1. The fourth-order valence-electron chi connectivity index (χ4n) is 1.60. The summed E-state index contributed by atoms with van der Waals surface area (Å²) in [6.45, 7) is 1.88. The van der Waals surface area contributed by atoms with Crippen LogP contribution < -0.4 is 5.73 Å². The molecule has 1 aromatic carbocycles. The lowest BCUT2D eigenvalue weighted by atomic mass is 10.1. The third-order valence-corrected chi connectivity index (χ3v) is 3.50. The molecule has 20 heavy (non-hydrogen) atoms. The zero-order valence-electron chi connectivity index (χ0n) is 10.7. The zero-order valence-corrected chi connectivity index (χ0v) is 11.6. The van der Waals surface area contributed by atoms with Gasteiger partial charge in [0.2, 0.25) is 0 Å². The molecule has 0 saturated heterocycles. The molecule has 0 unspecified atom stereocenters. The number of thioether (sulfide) groups is 1. The van der Waals surface area contributed by atoms with Crippen molar-refractivity contribution < 1.29 is 9.60 Å². The van der Waals surface area contributed by atoms with Gasteiger partial charge in [0.15, 0.2) is 11.0 Å². The summed E-state index contributed by atoms with van der Waals surface area (Å²) < 4.78 is 13.2. The summed E-state index contributed by atoms with van der Waals surface area (Å²) in [5.74, 6) is -0.0626. The van der Waals surface area contributed by atoms with E-state index in [2.05, 4.69) is 15.1 Å². The van der Waals surface area contributed by atoms with E-state index in [9.17, 15) is 4.39 Å². The minimum absolute atomic E-state index is 0.120. The molecule has 2 aromatic rings. The van der Waals surface area contributed by atoms with Crippen LogP contribution in [0.2, 0.25) is 0 Å². The Morgan fingerprint density at radius 3 is 2.95 bits per heavy atom. The number of oxime groups is 1. The molecule has 0 aliphatic heterocycles. The van der Waals surface area contributed by atoms with E-state index in [4.69, 9.17) is 10.9 Å². The zero-order chi connectivity index (χ0) is 14.5. The smallest absolute Gasteiger partial charge is 0.188 e. The Morgan fingerprint density at radius 2 is 2.25 bits per heavy atom. The fraction of sp³-hybridized carbons (Fsp3) is 0.154. The molecule has 0 aliphatic rings. The van der Waals surface area contributed by atoms with Gasteiger partial charge in [-0.3, -0.25) is 0 Å². The summed E-state index contributed by atoms with van der Waals surface area (Å²) in [6.07, 6.45) is 1.68. The number of rotatable bonds is 4. The normalized spacial score (nSPS) is 11.6. The van der Waals surface area contributed by atoms with Crippen LogP contribution in [0.15, 0.2) is 40.8 Å². The van der Waals surface area contributed by atoms with E-state index in [-0.39, 0.29) is 5.84 Å². The highest BCUT2D eigenvalue weighted by Crippen LogP contribution is 2.22. The lowest BCUT2D eigenvalue weighted by molar-refractivity contribution is 0.318. The number of halogens is 1. The largest absolute Gasteiger partial charge is 0.409 e. The van der Waals surface area contributed by atoms with Crippen molar-refractivity contribution in [3.8, 4) is 0 Å². The molecule has 3 N–H and O–H groups in total. The van der Waals surface area contributed by atoms with Crippen molar-refractivity contribution in [2.24, 2.45) is 10.9 Å². The van der Waals surface area contributed by atoms with Gasteiger partial charge in [-0.1, -0.05) is 23.0 Å². The molecule has 0 fully saturated rings. The van der Waals surface area contributed by atoms with Crippen molar-refractivity contribution in [3.63, 3.8) is 0 Å². The van der Waals surface area contributed by atoms with Crippen molar-refractivity contribution in [2.75, 3.05) is 0 Å². The molecule has 1 heterocycles. The second kappa shape index (κ2) is 6.33. The van der Waals surface area contributed by atoms with E-state index >= 15 is 0 Å². The molecule has 0 atom stereocenters. The molecule has 7 heteroatoms. The topological polar surface area (TPSA) is 84.4 Å². The maximum absolute atomic E-state index is 13.2. The Bertz CT molecular complexity index is 648. The molecular formula is C13H13FN4OS. The van der Waals surface area contributed by atoms with Crippen LogP contribution in [0.1, 0.15) is 16.8 Å². The van der Waals surface area contributed by atoms with Gasteiger partial charge in [-0.2, -0.15) is 0 Å². The number of nitrogens with two attached hydrogens (primary N) is 1. The summed E-state index contributed by atoms with van der Waals surface area (Å²) in [5, 5.41) is 12.3. The molecule has 0 aliphatic carbocycles. The number of aryl methyl sites for hydroxylation is 1. The van der Waals surface area contributed by atoms with Gasteiger partial charge in [-0.25, -0.2) is 14.4 Å². The third-order valence-electron chi connectivity index (χ3n) is 2.59. The Balaban J connectivity index is 2.21. The van der Waals surface area contributed by atoms with Crippen LogP contribution in [0.25, 0.3) is 0 Å². The van der Waals surface area contributed by atoms with Crippen LogP contribution in [-0.4, -0.2) is 21.0 Å². The predicted molar refractivity (Wildman–Crippen MR) is 75.2 cm³/mol. The lowest BCUT2D eigenvalue weighted by Crippen LogP contribution is -2.15. The molecule has 5 nitrogen and oxygen atoms in total. The molecule has 1 aromatic heterocycles. The Morgan fingerprint density at radius 1 is 1.45 bits per heavy atom. The average molecular weight is 292 g/mol. The summed E-state index contributed by atoms with van der Waals surface area (Å²) in [5.41, 5.74) is 7.54. The van der Waals surface area contributed by atoms with Crippen LogP contribution in [0.4, 0.5) is 4.39 Å². The first-order chi connectivity index (χ1) is 9.60. The molecule has 0 saturated carbocycles. The Labute approximate surface area is 119 Å². The quantitative estimate of drug-likeness (QED) is 0.226. The molecule has 104 valence electrons. The first kappa shape index (κ1) is 14.3. The van der Waals surface area contributed by atoms with Crippen LogP contribution >= 0.6 is 11.8 Å². The van der Waals surface area contributed by atoms with Crippen molar-refractivity contribution in [3.05, 3.63) is 53.1 Å². The minimum atomic E-state index is -0.438. The van der Waals surface area contributed by atoms with Gasteiger partial charge in [0.25, 0.3) is 0 Å². The molecule has 0 amide bonds. The lowest BCUT2D eigenvalue weighted by Gasteiger charge is -2.08. The van der Waals surface area contributed by atoms with Gasteiger partial charge in [-0.15, -0.1) is 0 Å². The molecule has 0 radical (unpaired) electrons. The molecule has 0 bridgehead atoms. The summed E-state index contributed by atoms with van der Waals surface area (Å²) in [6, 6.07) is 5.98. The summed E-state index contributed by atoms with van der Waals surface area (Å²) >= 11 is 1.40. The van der Waals surface area contributed by atoms with Crippen molar-refractivity contribution in [1.29, 1.82) is 0 Å². The number of nitrogens with zero attached hydrogens (tertiary/aromatic N) is 3. The SMILES string of the molecule is Cc1ccnc(SCc2ccc(F)cc2C(N)=NO)n1. The Hall–Kier alpha value is -2.15. The number of benzene rings is 1. The maximum Gasteiger partial charge on any atom is 0.188 e. The monoisotopic (exact) mass is 292 g/mol. The standard InChI is InChI=1S/C13H13FN4OS/c1-8-4-5-16-13(17-8)20-7-9-2-3-10(14)6-11(9)12(15)18-19/h2-6,19H,7H2,1H3,(H2,15,18). The summed E-state index contributed by atoms with van der Waals surface area (Å²) in [4.78, 5) is 8.40. The number of aromatic nitrogens is 2. The highest BCUT2D eigenvalue weighted by atomic mass is 32.2. The second-order valence-corrected chi connectivity index (χ2v) is 5.00. The average Bonchev–Trinajstić information content (AvgIpc) is 2.45. The highest BCUT2D eigenvalue weighted by molar-refractivity contribution is 7.98. The van der Waals surface area contributed by atoms with Gasteiger partial charge in [0, 0.05) is 23.2 Å². The first-order valence-electron chi connectivity index (χ1n) is 5.79. The van der Waals surface area contributed by atoms with Crippen LogP contribution in [0, 0.1) is 12.7 Å². The van der Waals surface area contributed by atoms with E-state index in [0.717, 1.165) is 11.3 Å². The van der Waals surface area contributed by atoms with Crippen LogP contribution in [0.3, 0.4) is 0 Å². The molecular weight excluding hydrogens is 279 g/mol. The fourth-order valence-corrected chi connectivity index (χ4v) is 2.48. The third kappa shape index (κ3) is 3.45. The van der Waals surface area contributed by atoms with Gasteiger partial charge < -0.3 is 10.9 Å². The highest BCUT2D eigenvalue weighted by Gasteiger charge is 2.10. The van der Waals surface area contributed by atoms with Crippen LogP contribution in [-0.2, 0) is 5.75 Å². The van der Waals surface area contributed by atoms with Gasteiger partial charge >= 0.3 is 0 Å². The number of hydrogen-bond acceptors (Lipinski definition) is 5. The van der Waals surface area contributed by atoms with E-state index in [1.807, 2.05) is 13.0 Å². The van der Waals surface area contributed by atoms with Gasteiger partial charge in [0.05, 0.1) is 0 Å². The van der Waals surface area contributed by atoms with E-state index in [1.54, 1.807) is 12.3 Å². The van der Waals surface area contributed by atoms with Gasteiger partial charge in [0.1, 0.15) is 5.82 Å². The molecule has 0 spiro atoms.